The van der Waals surface area contributed by atoms with E-state index in [1.807, 2.05) is 11.6 Å². The summed E-state index contributed by atoms with van der Waals surface area (Å²) in [5, 5.41) is 4.47. The van der Waals surface area contributed by atoms with Crippen molar-refractivity contribution in [1.82, 2.24) is 9.78 Å². The average molecular weight is 265 g/mol. The maximum Gasteiger partial charge on any atom is 0.236 e. The van der Waals surface area contributed by atoms with E-state index in [0.29, 0.717) is 5.69 Å². The summed E-state index contributed by atoms with van der Waals surface area (Å²) in [5.74, 6) is 2.25. The van der Waals surface area contributed by atoms with Crippen LogP contribution in [0.2, 0.25) is 0 Å². The molecular weight excluding hydrogens is 238 g/mol. The Balaban J connectivity index is 2.13. The van der Waals surface area contributed by atoms with Gasteiger partial charge in [0.1, 0.15) is 11.8 Å². The van der Waals surface area contributed by atoms with Gasteiger partial charge in [0.25, 0.3) is 0 Å². The number of nitrogens with two attached hydrogens (primary N) is 1. The number of aryl methyl sites for hydroxylation is 2. The maximum atomic E-state index is 6.21. The number of nitrogen functional groups attached to an aromatic ring is 1. The third-order valence-corrected chi connectivity index (χ3v) is 3.97. The Morgan fingerprint density at radius 2 is 1.89 bits per heavy atom. The van der Waals surface area contributed by atoms with E-state index in [1.165, 1.54) is 6.42 Å². The summed E-state index contributed by atoms with van der Waals surface area (Å²) in [5.41, 5.74) is 7.69. The van der Waals surface area contributed by atoms with Crippen molar-refractivity contribution in [2.24, 2.45) is 11.8 Å². The summed E-state index contributed by atoms with van der Waals surface area (Å²) < 4.78 is 8.13. The zero-order chi connectivity index (χ0) is 14.0. The minimum Gasteiger partial charge on any atom is -0.473 e. The molecule has 2 N–H and O–H groups in total. The highest BCUT2D eigenvalue weighted by atomic mass is 16.5. The summed E-state index contributed by atoms with van der Waals surface area (Å²) >= 11 is 0. The highest BCUT2D eigenvalue weighted by Crippen LogP contribution is 2.34. The van der Waals surface area contributed by atoms with Gasteiger partial charge in [-0.3, -0.25) is 0 Å². The highest BCUT2D eigenvalue weighted by molar-refractivity contribution is 5.52. The van der Waals surface area contributed by atoms with Gasteiger partial charge in [0.2, 0.25) is 5.88 Å². The van der Waals surface area contributed by atoms with Gasteiger partial charge in [0.15, 0.2) is 0 Å². The van der Waals surface area contributed by atoms with Crippen molar-refractivity contribution in [1.29, 1.82) is 0 Å². The predicted octanol–water partition coefficient (Wildman–Crippen LogP) is 3.39. The molecule has 0 spiro atoms. The molecule has 2 atom stereocenters. The van der Waals surface area contributed by atoms with Crippen LogP contribution in [0.1, 0.15) is 52.1 Å². The first-order valence-corrected chi connectivity index (χ1v) is 7.50. The summed E-state index contributed by atoms with van der Waals surface area (Å²) in [4.78, 5) is 0. The Morgan fingerprint density at radius 1 is 1.26 bits per heavy atom. The minimum atomic E-state index is 0.285. The molecule has 1 aliphatic rings. The van der Waals surface area contributed by atoms with Crippen LogP contribution in [0.15, 0.2) is 0 Å². The molecule has 2 rings (SSSR count). The van der Waals surface area contributed by atoms with Crippen LogP contribution in [-0.4, -0.2) is 15.9 Å². The smallest absolute Gasteiger partial charge is 0.236 e. The monoisotopic (exact) mass is 265 g/mol. The molecule has 1 aliphatic carbocycles. The predicted molar refractivity (Wildman–Crippen MR) is 78.3 cm³/mol. The summed E-state index contributed by atoms with van der Waals surface area (Å²) in [6, 6.07) is 0. The molecule has 2 unspecified atom stereocenters. The number of hydrogen-bond donors (Lipinski definition) is 1. The molecule has 1 aromatic rings. The van der Waals surface area contributed by atoms with Gasteiger partial charge < -0.3 is 10.5 Å². The molecule has 19 heavy (non-hydrogen) atoms. The van der Waals surface area contributed by atoms with Crippen LogP contribution in [0.5, 0.6) is 5.88 Å². The van der Waals surface area contributed by atoms with Gasteiger partial charge in [-0.2, -0.15) is 5.10 Å². The lowest BCUT2D eigenvalue weighted by Crippen LogP contribution is -2.29. The number of anilines is 1. The molecule has 0 aromatic carbocycles. The molecule has 0 amide bonds. The summed E-state index contributed by atoms with van der Waals surface area (Å²) in [6.45, 7) is 9.57. The topological polar surface area (TPSA) is 53.1 Å². The number of ether oxygens (including phenoxy) is 1. The van der Waals surface area contributed by atoms with Crippen LogP contribution >= 0.6 is 0 Å². The lowest BCUT2D eigenvalue weighted by atomic mass is 9.82. The first-order valence-electron chi connectivity index (χ1n) is 7.50. The average Bonchev–Trinajstić information content (AvgIpc) is 2.56. The molecule has 4 nitrogen and oxygen atoms in total. The fraction of sp³-hybridized carbons (Fsp3) is 0.800. The standard InChI is InChI=1S/C15H27N3O/c1-5-6-18-15(14(16)12(4)17-18)19-13-8-10(2)7-11(3)9-13/h10-11,13H,5-9,16H2,1-4H3. The SMILES string of the molecule is CCCn1nc(C)c(N)c1OC1CC(C)CC(C)C1. The quantitative estimate of drug-likeness (QED) is 0.908. The van der Waals surface area contributed by atoms with Crippen molar-refractivity contribution < 1.29 is 4.74 Å². The first kappa shape index (κ1) is 14.2. The number of rotatable bonds is 4. The molecule has 1 aromatic heterocycles. The first-order chi connectivity index (χ1) is 9.01. The maximum absolute atomic E-state index is 6.21. The Bertz CT molecular complexity index is 417. The Morgan fingerprint density at radius 3 is 2.47 bits per heavy atom. The minimum absolute atomic E-state index is 0.285. The van der Waals surface area contributed by atoms with Crippen LogP contribution in [0.3, 0.4) is 0 Å². The van der Waals surface area contributed by atoms with Gasteiger partial charge in [-0.25, -0.2) is 4.68 Å². The van der Waals surface area contributed by atoms with Crippen molar-refractivity contribution in [3.05, 3.63) is 5.69 Å². The van der Waals surface area contributed by atoms with Crippen LogP contribution in [0, 0.1) is 18.8 Å². The van der Waals surface area contributed by atoms with Crippen LogP contribution in [0.4, 0.5) is 5.69 Å². The van der Waals surface area contributed by atoms with E-state index in [2.05, 4.69) is 25.9 Å². The summed E-state index contributed by atoms with van der Waals surface area (Å²) in [7, 11) is 0. The molecule has 0 bridgehead atoms. The van der Waals surface area contributed by atoms with Gasteiger partial charge in [0.05, 0.1) is 5.69 Å². The number of hydrogen-bond acceptors (Lipinski definition) is 3. The van der Waals surface area contributed by atoms with Gasteiger partial charge in [-0.05, 0) is 44.4 Å². The second-order valence-electron chi connectivity index (χ2n) is 6.18. The highest BCUT2D eigenvalue weighted by Gasteiger charge is 2.27. The molecule has 4 heteroatoms. The fourth-order valence-corrected chi connectivity index (χ4v) is 3.19. The van der Waals surface area contributed by atoms with E-state index in [9.17, 15) is 0 Å². The van der Waals surface area contributed by atoms with Crippen molar-refractivity contribution in [2.45, 2.75) is 66.0 Å². The second-order valence-corrected chi connectivity index (χ2v) is 6.18. The molecule has 0 aliphatic heterocycles. The van der Waals surface area contributed by atoms with Gasteiger partial charge in [-0.15, -0.1) is 0 Å². The molecule has 108 valence electrons. The van der Waals surface area contributed by atoms with Crippen LogP contribution in [0.25, 0.3) is 0 Å². The van der Waals surface area contributed by atoms with Crippen molar-refractivity contribution in [3.8, 4) is 5.88 Å². The van der Waals surface area contributed by atoms with Gasteiger partial charge in [-0.1, -0.05) is 20.8 Å². The van der Waals surface area contributed by atoms with E-state index in [4.69, 9.17) is 10.5 Å². The van der Waals surface area contributed by atoms with E-state index in [-0.39, 0.29) is 6.10 Å². The van der Waals surface area contributed by atoms with Crippen molar-refractivity contribution in [2.75, 3.05) is 5.73 Å². The largest absolute Gasteiger partial charge is 0.473 e. The molecule has 0 saturated heterocycles. The number of aromatic nitrogens is 2. The van der Waals surface area contributed by atoms with Crippen LogP contribution < -0.4 is 10.5 Å². The van der Waals surface area contributed by atoms with Gasteiger partial charge in [0, 0.05) is 6.54 Å². The van der Waals surface area contributed by atoms with E-state index in [1.54, 1.807) is 0 Å². The lowest BCUT2D eigenvalue weighted by molar-refractivity contribution is 0.0919. The van der Waals surface area contributed by atoms with Gasteiger partial charge >= 0.3 is 0 Å². The Kier molecular flexibility index (Phi) is 4.38. The Labute approximate surface area is 116 Å². The van der Waals surface area contributed by atoms with Crippen molar-refractivity contribution in [3.63, 3.8) is 0 Å². The molecule has 1 heterocycles. The molecular formula is C15H27N3O. The molecule has 1 fully saturated rings. The van der Waals surface area contributed by atoms with E-state index in [0.717, 1.165) is 49.2 Å². The Hall–Kier alpha value is -1.19. The van der Waals surface area contributed by atoms with E-state index < -0.39 is 0 Å². The third kappa shape index (κ3) is 3.23. The zero-order valence-electron chi connectivity index (χ0n) is 12.6. The molecule has 0 radical (unpaired) electrons. The number of nitrogens with zero attached hydrogens (tertiary/aromatic N) is 2. The second kappa shape index (κ2) is 5.85. The van der Waals surface area contributed by atoms with Crippen LogP contribution in [-0.2, 0) is 6.54 Å². The summed E-state index contributed by atoms with van der Waals surface area (Å²) in [6.07, 6.45) is 4.88. The fourth-order valence-electron chi connectivity index (χ4n) is 3.19. The normalized spacial score (nSPS) is 27.5. The molecule has 1 saturated carbocycles. The third-order valence-electron chi connectivity index (χ3n) is 3.97. The van der Waals surface area contributed by atoms with E-state index >= 15 is 0 Å². The van der Waals surface area contributed by atoms with Crippen molar-refractivity contribution >= 4 is 5.69 Å². The lowest BCUT2D eigenvalue weighted by Gasteiger charge is -2.31. The zero-order valence-corrected chi connectivity index (χ0v) is 12.6.